The van der Waals surface area contributed by atoms with E-state index in [-0.39, 0.29) is 16.6 Å². The van der Waals surface area contributed by atoms with E-state index in [0.717, 1.165) is 35.6 Å². The van der Waals surface area contributed by atoms with Crippen molar-refractivity contribution < 1.29 is 18.4 Å². The molecule has 2 heterocycles. The molecule has 0 atom stereocenters. The van der Waals surface area contributed by atoms with Gasteiger partial charge in [-0.05, 0) is 29.8 Å². The minimum Gasteiger partial charge on any atom is -0.382 e. The Kier molecular flexibility index (Phi) is 5.92. The molecule has 1 fully saturated rings. The van der Waals surface area contributed by atoms with Crippen LogP contribution < -0.4 is 16.4 Å². The number of hydrogen-bond acceptors (Lipinski definition) is 7. The van der Waals surface area contributed by atoms with E-state index in [1.807, 2.05) is 24.3 Å². The van der Waals surface area contributed by atoms with E-state index in [9.17, 15) is 18.4 Å². The average Bonchev–Trinajstić information content (AvgIpc) is 3.09. The number of ketones is 1. The molecule has 1 aliphatic rings. The Labute approximate surface area is 180 Å². The minimum atomic E-state index is -0.950. The van der Waals surface area contributed by atoms with E-state index < -0.39 is 23.0 Å². The van der Waals surface area contributed by atoms with Gasteiger partial charge in [0.25, 0.3) is 0 Å². The van der Waals surface area contributed by atoms with Gasteiger partial charge in [-0.3, -0.25) is 14.5 Å². The van der Waals surface area contributed by atoms with Gasteiger partial charge in [-0.1, -0.05) is 29.5 Å². The van der Waals surface area contributed by atoms with Gasteiger partial charge in [-0.15, -0.1) is 0 Å². The zero-order valence-corrected chi connectivity index (χ0v) is 17.1. The highest BCUT2D eigenvalue weighted by atomic mass is 32.1. The molecule has 4 N–H and O–H groups in total. The van der Waals surface area contributed by atoms with Crippen molar-refractivity contribution in [3.05, 3.63) is 70.1 Å². The largest absolute Gasteiger partial charge is 0.382 e. The zero-order chi connectivity index (χ0) is 22.0. The van der Waals surface area contributed by atoms with E-state index in [4.69, 9.17) is 5.73 Å². The summed E-state index contributed by atoms with van der Waals surface area (Å²) in [6, 6.07) is 10.8. The van der Waals surface area contributed by atoms with Crippen LogP contribution in [0.1, 0.15) is 20.8 Å². The van der Waals surface area contributed by atoms with Crippen molar-refractivity contribution in [3.63, 3.8) is 0 Å². The lowest BCUT2D eigenvalue weighted by Gasteiger charge is -2.26. The van der Waals surface area contributed by atoms with Gasteiger partial charge >= 0.3 is 0 Å². The molecule has 3 aromatic rings. The molecule has 0 unspecified atom stereocenters. The molecule has 1 saturated heterocycles. The lowest BCUT2D eigenvalue weighted by atomic mass is 10.1. The second-order valence-electron chi connectivity index (χ2n) is 7.04. The van der Waals surface area contributed by atoms with Crippen LogP contribution in [-0.4, -0.2) is 41.2 Å². The molecule has 1 aliphatic heterocycles. The van der Waals surface area contributed by atoms with E-state index >= 15 is 0 Å². The number of nitrogens with zero attached hydrogens (tertiary/aromatic N) is 2. The number of carbonyl (C=O) groups excluding carboxylic acids is 2. The fourth-order valence-corrected chi connectivity index (χ4v) is 4.13. The topological polar surface area (TPSA) is 100 Å². The van der Waals surface area contributed by atoms with E-state index in [1.54, 1.807) is 0 Å². The third-order valence-corrected chi connectivity index (χ3v) is 5.76. The van der Waals surface area contributed by atoms with Crippen LogP contribution in [0.15, 0.2) is 42.5 Å². The molecule has 31 heavy (non-hydrogen) atoms. The number of benzene rings is 2. The summed E-state index contributed by atoms with van der Waals surface area (Å²) in [6.07, 6.45) is 0. The van der Waals surface area contributed by atoms with E-state index in [0.29, 0.717) is 30.5 Å². The molecule has 0 bridgehead atoms. The Balaban J connectivity index is 1.45. The summed E-state index contributed by atoms with van der Waals surface area (Å²) in [5.74, 6) is -2.82. The molecule has 1 amide bonds. The fraction of sp³-hybridized carbons (Fsp3) is 0.190. The smallest absolute Gasteiger partial charge is 0.234 e. The van der Waals surface area contributed by atoms with Crippen LogP contribution >= 0.6 is 11.3 Å². The molecule has 4 rings (SSSR count). The van der Waals surface area contributed by atoms with Gasteiger partial charge in [0.2, 0.25) is 11.7 Å². The summed E-state index contributed by atoms with van der Waals surface area (Å²) in [5.41, 5.74) is 6.93. The summed E-state index contributed by atoms with van der Waals surface area (Å²) in [7, 11) is 0. The second-order valence-corrected chi connectivity index (χ2v) is 8.04. The third-order valence-electron chi connectivity index (χ3n) is 4.78. The van der Waals surface area contributed by atoms with Crippen molar-refractivity contribution >= 4 is 39.7 Å². The van der Waals surface area contributed by atoms with Gasteiger partial charge in [0, 0.05) is 25.3 Å². The second kappa shape index (κ2) is 8.78. The van der Waals surface area contributed by atoms with Crippen molar-refractivity contribution in [3.8, 4) is 0 Å². The number of aromatic nitrogens is 1. The normalized spacial score (nSPS) is 14.3. The van der Waals surface area contributed by atoms with Gasteiger partial charge in [-0.25, -0.2) is 13.8 Å². The van der Waals surface area contributed by atoms with Crippen LogP contribution in [0, 0.1) is 11.6 Å². The first-order valence-corrected chi connectivity index (χ1v) is 10.3. The number of thiazole rings is 1. The number of carbonyl (C=O) groups is 2. The molecule has 2 aromatic carbocycles. The van der Waals surface area contributed by atoms with E-state index in [2.05, 4.69) is 20.5 Å². The van der Waals surface area contributed by atoms with Gasteiger partial charge in [-0.2, -0.15) is 0 Å². The molecule has 10 heteroatoms. The van der Waals surface area contributed by atoms with Crippen LogP contribution in [0.2, 0.25) is 0 Å². The molecule has 0 saturated carbocycles. The quantitative estimate of drug-likeness (QED) is 0.507. The highest BCUT2D eigenvalue weighted by Gasteiger charge is 2.24. The summed E-state index contributed by atoms with van der Waals surface area (Å²) in [6.45, 7) is 2.47. The monoisotopic (exact) mass is 443 g/mol. The van der Waals surface area contributed by atoms with Gasteiger partial charge < -0.3 is 16.4 Å². The zero-order valence-electron chi connectivity index (χ0n) is 16.3. The highest BCUT2D eigenvalue weighted by molar-refractivity contribution is 7.18. The van der Waals surface area contributed by atoms with Crippen LogP contribution in [-0.2, 0) is 11.3 Å². The maximum atomic E-state index is 13.9. The number of rotatable bonds is 6. The number of anilines is 3. The van der Waals surface area contributed by atoms with Crippen molar-refractivity contribution in [2.75, 3.05) is 30.7 Å². The molecule has 0 radical (unpaired) electrons. The Hall–Kier alpha value is -3.37. The van der Waals surface area contributed by atoms with Gasteiger partial charge in [0.05, 0.1) is 12.1 Å². The number of nitrogens with two attached hydrogens (primary N) is 1. The number of halogens is 2. The van der Waals surface area contributed by atoms with Crippen molar-refractivity contribution in [2.24, 2.45) is 0 Å². The summed E-state index contributed by atoms with van der Waals surface area (Å²) >= 11 is 0.925. The molecule has 160 valence electrons. The number of nitrogens with one attached hydrogen (secondary N) is 2. The summed E-state index contributed by atoms with van der Waals surface area (Å²) in [4.78, 5) is 30.2. The number of hydrogen-bond donors (Lipinski definition) is 3. The molecule has 0 spiro atoms. The fourth-order valence-electron chi connectivity index (χ4n) is 3.28. The Morgan fingerprint density at radius 1 is 1.19 bits per heavy atom. The molecular weight excluding hydrogens is 424 g/mol. The molecular formula is C21H19F2N5O2S. The Morgan fingerprint density at radius 2 is 1.90 bits per heavy atom. The lowest BCUT2D eigenvalue weighted by molar-refractivity contribution is -0.124. The first kappa shape index (κ1) is 20.9. The highest BCUT2D eigenvalue weighted by Crippen LogP contribution is 2.31. The van der Waals surface area contributed by atoms with E-state index in [1.165, 1.54) is 6.07 Å². The first-order chi connectivity index (χ1) is 14.9. The maximum Gasteiger partial charge on any atom is 0.234 e. The maximum absolute atomic E-state index is 13.9. The summed E-state index contributed by atoms with van der Waals surface area (Å²) < 4.78 is 27.9. The third kappa shape index (κ3) is 4.70. The number of piperazine rings is 1. The van der Waals surface area contributed by atoms with Crippen LogP contribution in [0.4, 0.5) is 25.4 Å². The van der Waals surface area contributed by atoms with Gasteiger partial charge in [0.1, 0.15) is 22.3 Å². The predicted molar refractivity (Wildman–Crippen MR) is 114 cm³/mol. The Morgan fingerprint density at radius 3 is 2.58 bits per heavy atom. The number of nitrogen functional groups attached to an aromatic ring is 1. The molecule has 0 aliphatic carbocycles. The Bertz CT molecular complexity index is 1110. The SMILES string of the molecule is Nc1nc(Nc2ccc(CN3CCNC(=O)C3)cc2)sc1C(=O)c1c(F)cccc1F. The average molecular weight is 443 g/mol. The molecule has 7 nitrogen and oxygen atoms in total. The predicted octanol–water partition coefficient (Wildman–Crippen LogP) is 2.91. The summed E-state index contributed by atoms with van der Waals surface area (Å²) in [5, 5.41) is 6.17. The van der Waals surface area contributed by atoms with Crippen LogP contribution in [0.5, 0.6) is 0 Å². The van der Waals surface area contributed by atoms with Gasteiger partial charge in [0.15, 0.2) is 5.13 Å². The van der Waals surface area contributed by atoms with Crippen molar-refractivity contribution in [1.82, 2.24) is 15.2 Å². The first-order valence-electron chi connectivity index (χ1n) is 9.51. The van der Waals surface area contributed by atoms with Crippen LogP contribution in [0.25, 0.3) is 0 Å². The van der Waals surface area contributed by atoms with Crippen LogP contribution in [0.3, 0.4) is 0 Å². The number of amides is 1. The standard InChI is InChI=1S/C21H19F2N5O2S/c22-14-2-1-3-15(23)17(14)18(30)19-20(24)27-21(31-19)26-13-6-4-12(5-7-13)10-28-9-8-25-16(29)11-28/h1-7H,8-11,24H2,(H,25,29)(H,26,27). The minimum absolute atomic E-state index is 0.0199. The van der Waals surface area contributed by atoms with Crippen molar-refractivity contribution in [2.45, 2.75) is 6.54 Å². The molecule has 1 aromatic heterocycles. The lowest BCUT2D eigenvalue weighted by Crippen LogP contribution is -2.47. The van der Waals surface area contributed by atoms with Crippen molar-refractivity contribution in [1.29, 1.82) is 0 Å².